The largest absolute Gasteiger partial charge is 0.443 e. The second-order valence-electron chi connectivity index (χ2n) is 5.40. The van der Waals surface area contributed by atoms with Crippen LogP contribution in [0, 0.1) is 0 Å². The summed E-state index contributed by atoms with van der Waals surface area (Å²) in [6.07, 6.45) is 2.60. The van der Waals surface area contributed by atoms with Crippen LogP contribution in [0.1, 0.15) is 20.8 Å². The maximum atomic E-state index is 12.2. The van der Waals surface area contributed by atoms with Gasteiger partial charge in [-0.25, -0.2) is 19.7 Å². The highest BCUT2D eigenvalue weighted by Crippen LogP contribution is 2.38. The monoisotopic (exact) mass is 296 g/mol. The third kappa shape index (κ3) is 2.85. The van der Waals surface area contributed by atoms with E-state index in [0.29, 0.717) is 29.9 Å². The van der Waals surface area contributed by atoms with Crippen LogP contribution in [-0.4, -0.2) is 34.9 Å². The van der Waals surface area contributed by atoms with E-state index in [1.54, 1.807) is 6.08 Å². The number of amides is 1. The van der Waals surface area contributed by atoms with Crippen molar-refractivity contribution < 1.29 is 9.53 Å². The molecule has 20 heavy (non-hydrogen) atoms. The summed E-state index contributed by atoms with van der Waals surface area (Å²) in [5, 5.41) is 0.308. The number of carbonyl (C=O) groups excluding carboxylic acids is 1. The highest BCUT2D eigenvalue weighted by Gasteiger charge is 2.35. The second kappa shape index (κ2) is 5.28. The molecule has 2 heterocycles. The Balaban J connectivity index is 2.33. The smallest absolute Gasteiger partial charge is 0.417 e. The molecule has 108 valence electrons. The van der Waals surface area contributed by atoms with Crippen molar-refractivity contribution in [3.63, 3.8) is 0 Å². The van der Waals surface area contributed by atoms with Crippen LogP contribution in [0.15, 0.2) is 19.0 Å². The number of ether oxygens (including phenoxy) is 1. The van der Waals surface area contributed by atoms with Gasteiger partial charge < -0.3 is 9.64 Å². The Hall–Kier alpha value is -1.82. The molecule has 2 rings (SSSR count). The first-order chi connectivity index (χ1) is 9.33. The normalized spacial score (nSPS) is 14.2. The molecule has 0 fully saturated rings. The zero-order valence-electron chi connectivity index (χ0n) is 11.8. The molecule has 6 nitrogen and oxygen atoms in total. The molecule has 0 saturated heterocycles. The fourth-order valence-corrected chi connectivity index (χ4v) is 2.14. The number of hydrogen-bond donors (Lipinski definition) is 0. The number of hydrogen-bond acceptors (Lipinski definition) is 5. The summed E-state index contributed by atoms with van der Waals surface area (Å²) in [5.74, 6) is 0.459. The molecular formula is C13H17ClN4O2. The Kier molecular flexibility index (Phi) is 3.85. The number of nitrogens with zero attached hydrogens (tertiary/aromatic N) is 4. The van der Waals surface area contributed by atoms with E-state index < -0.39 is 11.7 Å². The quantitative estimate of drug-likeness (QED) is 0.620. The average molecular weight is 297 g/mol. The SMILES string of the molecule is C=CCN1CN(C(=O)OC(C)(C)C)c2ncnc(Cl)c21. The first-order valence-electron chi connectivity index (χ1n) is 6.20. The molecular weight excluding hydrogens is 280 g/mol. The lowest BCUT2D eigenvalue weighted by Gasteiger charge is -2.24. The van der Waals surface area contributed by atoms with Crippen LogP contribution >= 0.6 is 11.6 Å². The molecule has 0 spiro atoms. The number of rotatable bonds is 2. The molecule has 1 aliphatic heterocycles. The molecule has 1 aromatic heterocycles. The van der Waals surface area contributed by atoms with Gasteiger partial charge in [-0.1, -0.05) is 17.7 Å². The van der Waals surface area contributed by atoms with Crippen molar-refractivity contribution in [3.8, 4) is 0 Å². The van der Waals surface area contributed by atoms with Gasteiger partial charge >= 0.3 is 6.09 Å². The van der Waals surface area contributed by atoms with Gasteiger partial charge in [0.15, 0.2) is 11.0 Å². The van der Waals surface area contributed by atoms with Gasteiger partial charge in [0, 0.05) is 6.54 Å². The van der Waals surface area contributed by atoms with E-state index in [1.165, 1.54) is 11.2 Å². The van der Waals surface area contributed by atoms with Crippen molar-refractivity contribution in [2.75, 3.05) is 23.0 Å². The minimum Gasteiger partial charge on any atom is -0.443 e. The summed E-state index contributed by atoms with van der Waals surface area (Å²) < 4.78 is 5.38. The van der Waals surface area contributed by atoms with Crippen LogP contribution in [0.25, 0.3) is 0 Å². The van der Waals surface area contributed by atoms with Crippen molar-refractivity contribution >= 4 is 29.2 Å². The van der Waals surface area contributed by atoms with Gasteiger partial charge in [0.1, 0.15) is 24.3 Å². The predicted molar refractivity (Wildman–Crippen MR) is 78.2 cm³/mol. The topological polar surface area (TPSA) is 58.6 Å². The van der Waals surface area contributed by atoms with Crippen molar-refractivity contribution in [1.29, 1.82) is 0 Å². The van der Waals surface area contributed by atoms with Crippen LogP contribution in [0.2, 0.25) is 5.15 Å². The Bertz CT molecular complexity index is 542. The minimum absolute atomic E-state index is 0.308. The molecule has 1 amide bonds. The van der Waals surface area contributed by atoms with Gasteiger partial charge in [0.05, 0.1) is 0 Å². The molecule has 0 aromatic carbocycles. The Morgan fingerprint density at radius 2 is 2.25 bits per heavy atom. The van der Waals surface area contributed by atoms with Crippen molar-refractivity contribution in [3.05, 3.63) is 24.1 Å². The minimum atomic E-state index is -0.570. The molecule has 0 aliphatic carbocycles. The highest BCUT2D eigenvalue weighted by molar-refractivity contribution is 6.33. The lowest BCUT2D eigenvalue weighted by molar-refractivity contribution is 0.0582. The van der Waals surface area contributed by atoms with Crippen molar-refractivity contribution in [1.82, 2.24) is 9.97 Å². The number of fused-ring (bicyclic) bond motifs is 1. The summed E-state index contributed by atoms with van der Waals surface area (Å²) in [4.78, 5) is 23.6. The molecule has 0 bridgehead atoms. The van der Waals surface area contributed by atoms with E-state index in [4.69, 9.17) is 16.3 Å². The second-order valence-corrected chi connectivity index (χ2v) is 5.76. The van der Waals surface area contributed by atoms with E-state index in [1.807, 2.05) is 25.7 Å². The average Bonchev–Trinajstić information content (AvgIpc) is 2.68. The Morgan fingerprint density at radius 1 is 1.55 bits per heavy atom. The predicted octanol–water partition coefficient (Wildman–Crippen LogP) is 2.84. The van der Waals surface area contributed by atoms with Gasteiger partial charge in [-0.15, -0.1) is 6.58 Å². The van der Waals surface area contributed by atoms with Crippen LogP contribution < -0.4 is 9.80 Å². The molecule has 7 heteroatoms. The van der Waals surface area contributed by atoms with Gasteiger partial charge in [-0.05, 0) is 20.8 Å². The van der Waals surface area contributed by atoms with Crippen LogP contribution in [0.4, 0.5) is 16.3 Å². The summed E-state index contributed by atoms with van der Waals surface area (Å²) in [6, 6.07) is 0. The standard InChI is InChI=1S/C13H17ClN4O2/c1-5-6-17-8-18(12(19)20-13(2,3)4)11-9(17)10(14)15-7-16-11/h5,7H,1,6,8H2,2-4H3. The zero-order valence-corrected chi connectivity index (χ0v) is 12.5. The number of anilines is 2. The third-order valence-electron chi connectivity index (χ3n) is 2.61. The van der Waals surface area contributed by atoms with E-state index in [-0.39, 0.29) is 0 Å². The summed E-state index contributed by atoms with van der Waals surface area (Å²) in [5.41, 5.74) is 0.0554. The van der Waals surface area contributed by atoms with Gasteiger partial charge in [-0.3, -0.25) is 0 Å². The summed E-state index contributed by atoms with van der Waals surface area (Å²) in [6.45, 7) is 10.00. The third-order valence-corrected chi connectivity index (χ3v) is 2.88. The van der Waals surface area contributed by atoms with Gasteiger partial charge in [0.2, 0.25) is 0 Å². The molecule has 0 N–H and O–H groups in total. The van der Waals surface area contributed by atoms with E-state index in [2.05, 4.69) is 16.5 Å². The molecule has 0 atom stereocenters. The number of aromatic nitrogens is 2. The van der Waals surface area contributed by atoms with Gasteiger partial charge in [-0.2, -0.15) is 0 Å². The molecule has 1 aromatic rings. The Morgan fingerprint density at radius 3 is 2.85 bits per heavy atom. The fraction of sp³-hybridized carbons (Fsp3) is 0.462. The lowest BCUT2D eigenvalue weighted by Crippen LogP contribution is -2.39. The first-order valence-corrected chi connectivity index (χ1v) is 6.58. The van der Waals surface area contributed by atoms with Gasteiger partial charge in [0.25, 0.3) is 0 Å². The fourth-order valence-electron chi connectivity index (χ4n) is 1.89. The molecule has 0 radical (unpaired) electrons. The lowest BCUT2D eigenvalue weighted by atomic mass is 10.2. The zero-order chi connectivity index (χ0) is 14.9. The summed E-state index contributed by atoms with van der Waals surface area (Å²) >= 11 is 6.10. The molecule has 0 unspecified atom stereocenters. The van der Waals surface area contributed by atoms with E-state index in [9.17, 15) is 4.79 Å². The van der Waals surface area contributed by atoms with Crippen molar-refractivity contribution in [2.24, 2.45) is 0 Å². The number of carbonyl (C=O) groups is 1. The van der Waals surface area contributed by atoms with Crippen LogP contribution in [-0.2, 0) is 4.74 Å². The molecule has 1 aliphatic rings. The van der Waals surface area contributed by atoms with Crippen LogP contribution in [0.5, 0.6) is 0 Å². The van der Waals surface area contributed by atoms with E-state index in [0.717, 1.165) is 0 Å². The number of halogens is 1. The maximum absolute atomic E-state index is 12.2. The van der Waals surface area contributed by atoms with E-state index >= 15 is 0 Å². The van der Waals surface area contributed by atoms with Crippen LogP contribution in [0.3, 0.4) is 0 Å². The maximum Gasteiger partial charge on any atom is 0.417 e. The Labute approximate surface area is 123 Å². The highest BCUT2D eigenvalue weighted by atomic mass is 35.5. The summed E-state index contributed by atoms with van der Waals surface area (Å²) in [7, 11) is 0. The first kappa shape index (κ1) is 14.6. The molecule has 0 saturated carbocycles. The van der Waals surface area contributed by atoms with Crippen molar-refractivity contribution in [2.45, 2.75) is 26.4 Å².